The molecule has 0 bridgehead atoms. The number of rotatable bonds is 13. The third kappa shape index (κ3) is 9.30. The zero-order chi connectivity index (χ0) is 26.1. The summed E-state index contributed by atoms with van der Waals surface area (Å²) in [6.45, 7) is 5.09. The molecular weight excluding hydrogens is 466 g/mol. The van der Waals surface area contributed by atoms with Crippen LogP contribution < -0.4 is 16.0 Å². The predicted molar refractivity (Wildman–Crippen MR) is 132 cm³/mol. The molecule has 2 unspecified atom stereocenters. The third-order valence-corrected chi connectivity index (χ3v) is 5.96. The van der Waals surface area contributed by atoms with E-state index in [0.717, 1.165) is 17.7 Å². The van der Waals surface area contributed by atoms with Crippen LogP contribution in [0.2, 0.25) is 0 Å². The van der Waals surface area contributed by atoms with E-state index in [0.29, 0.717) is 39.3 Å². The number of ether oxygens (including phenoxy) is 2. The predicted octanol–water partition coefficient (Wildman–Crippen LogP) is -1.30. The number of morpholine rings is 1. The van der Waals surface area contributed by atoms with E-state index < -0.39 is 30.0 Å². The van der Waals surface area contributed by atoms with Gasteiger partial charge in [-0.05, 0) is 38.6 Å². The lowest BCUT2D eigenvalue weighted by Crippen LogP contribution is -2.52. The number of hydrogen-bond acceptors (Lipinski definition) is 8. The fraction of sp³-hybridized carbons (Fsp3) is 0.600. The van der Waals surface area contributed by atoms with E-state index in [1.807, 2.05) is 43.3 Å². The number of Topliss-reactive ketones (excluding diaryl/α,β-unsaturated/α-hetero) is 1. The number of nitrogens with zero attached hydrogens (tertiary/aromatic N) is 2. The van der Waals surface area contributed by atoms with Crippen LogP contribution in [0.4, 0.5) is 0 Å². The number of ketones is 1. The molecule has 2 aliphatic heterocycles. The van der Waals surface area contributed by atoms with Crippen LogP contribution in [-0.4, -0.2) is 112 Å². The van der Waals surface area contributed by atoms with Crippen LogP contribution in [0.1, 0.15) is 18.1 Å². The van der Waals surface area contributed by atoms with Gasteiger partial charge in [-0.3, -0.25) is 24.1 Å². The molecule has 3 amide bonds. The molecule has 3 atom stereocenters. The first-order valence-corrected chi connectivity index (χ1v) is 12.3. The molecule has 2 fully saturated rings. The second-order valence-electron chi connectivity index (χ2n) is 9.50. The Labute approximate surface area is 211 Å². The molecule has 11 nitrogen and oxygen atoms in total. The Morgan fingerprint density at radius 3 is 2.28 bits per heavy atom. The molecule has 1 aromatic rings. The molecule has 0 spiro atoms. The van der Waals surface area contributed by atoms with Crippen LogP contribution in [-0.2, 0) is 41.6 Å². The Hall–Kier alpha value is -2.86. The Balaban J connectivity index is 1.45. The normalized spacial score (nSPS) is 19.3. The zero-order valence-corrected chi connectivity index (χ0v) is 21.2. The van der Waals surface area contributed by atoms with E-state index in [2.05, 4.69) is 20.9 Å². The molecule has 2 heterocycles. The van der Waals surface area contributed by atoms with Gasteiger partial charge in [-0.2, -0.15) is 0 Å². The molecule has 1 aromatic carbocycles. The maximum absolute atomic E-state index is 12.7. The standard InChI is InChI=1S/C25H37N5O6/c1-17(27-23(32)15-30-8-10-35-11-9-30)25(34)26-13-22(31)28-20(24(33)21-16-36-21)12-18-4-6-19(7-5-18)14-29(2)3/h4-7,17,20-21H,8-16H2,1-3H3,(H,26,34)(H,27,32)(H,28,31)/t17?,20?,21-/m1/s1. The van der Waals surface area contributed by atoms with Crippen LogP contribution in [0.3, 0.4) is 0 Å². The summed E-state index contributed by atoms with van der Waals surface area (Å²) in [4.78, 5) is 53.8. The highest BCUT2D eigenvalue weighted by molar-refractivity contribution is 5.95. The molecule has 2 aliphatic rings. The van der Waals surface area contributed by atoms with Gasteiger partial charge in [0.25, 0.3) is 0 Å². The second-order valence-corrected chi connectivity index (χ2v) is 9.50. The first-order chi connectivity index (χ1) is 17.2. The van der Waals surface area contributed by atoms with E-state index in [9.17, 15) is 19.2 Å². The van der Waals surface area contributed by atoms with Crippen molar-refractivity contribution in [1.82, 2.24) is 25.8 Å². The maximum atomic E-state index is 12.7. The lowest BCUT2D eigenvalue weighted by molar-refractivity contribution is -0.131. The number of benzene rings is 1. The Kier molecular flexibility index (Phi) is 10.4. The van der Waals surface area contributed by atoms with Crippen LogP contribution >= 0.6 is 0 Å². The first-order valence-electron chi connectivity index (χ1n) is 12.3. The first kappa shape index (κ1) is 27.7. The van der Waals surface area contributed by atoms with Crippen molar-refractivity contribution < 1.29 is 28.7 Å². The molecule has 198 valence electrons. The highest BCUT2D eigenvalue weighted by Crippen LogP contribution is 2.16. The number of carbonyl (C=O) groups excluding carboxylic acids is 4. The lowest BCUT2D eigenvalue weighted by Gasteiger charge is -2.26. The second kappa shape index (κ2) is 13.4. The maximum Gasteiger partial charge on any atom is 0.242 e. The number of nitrogens with one attached hydrogen (secondary N) is 3. The van der Waals surface area contributed by atoms with Gasteiger partial charge in [-0.15, -0.1) is 0 Å². The van der Waals surface area contributed by atoms with Gasteiger partial charge >= 0.3 is 0 Å². The van der Waals surface area contributed by atoms with Crippen LogP contribution in [0.25, 0.3) is 0 Å². The van der Waals surface area contributed by atoms with E-state index in [1.54, 1.807) is 6.92 Å². The summed E-state index contributed by atoms with van der Waals surface area (Å²) >= 11 is 0. The van der Waals surface area contributed by atoms with Crippen molar-refractivity contribution in [2.45, 2.75) is 38.1 Å². The van der Waals surface area contributed by atoms with E-state index in [4.69, 9.17) is 9.47 Å². The molecule has 0 aliphatic carbocycles. The SMILES string of the molecule is CC(NC(=O)CN1CCOCC1)C(=O)NCC(=O)NC(Cc1ccc(CN(C)C)cc1)C(=O)[C@H]1CO1. The summed E-state index contributed by atoms with van der Waals surface area (Å²) in [7, 11) is 3.99. The minimum Gasteiger partial charge on any atom is -0.379 e. The van der Waals surface area contributed by atoms with E-state index >= 15 is 0 Å². The average Bonchev–Trinajstić information content (AvgIpc) is 3.68. The fourth-order valence-corrected chi connectivity index (χ4v) is 3.92. The van der Waals surface area contributed by atoms with Crippen molar-refractivity contribution in [3.8, 4) is 0 Å². The zero-order valence-electron chi connectivity index (χ0n) is 21.2. The highest BCUT2D eigenvalue weighted by Gasteiger charge is 2.37. The van der Waals surface area contributed by atoms with Crippen molar-refractivity contribution in [3.63, 3.8) is 0 Å². The van der Waals surface area contributed by atoms with Gasteiger partial charge in [0, 0.05) is 19.6 Å². The number of epoxide rings is 1. The largest absolute Gasteiger partial charge is 0.379 e. The molecule has 3 N–H and O–H groups in total. The number of carbonyl (C=O) groups is 4. The van der Waals surface area contributed by atoms with Gasteiger partial charge in [0.1, 0.15) is 12.1 Å². The molecular formula is C25H37N5O6. The van der Waals surface area contributed by atoms with Gasteiger partial charge in [0.15, 0.2) is 5.78 Å². The van der Waals surface area contributed by atoms with E-state index in [1.165, 1.54) is 0 Å². The smallest absolute Gasteiger partial charge is 0.242 e. The van der Waals surface area contributed by atoms with Crippen molar-refractivity contribution in [1.29, 1.82) is 0 Å². The van der Waals surface area contributed by atoms with Crippen molar-refractivity contribution >= 4 is 23.5 Å². The minimum atomic E-state index is -0.802. The molecule has 2 saturated heterocycles. The molecule has 0 saturated carbocycles. The molecule has 0 aromatic heterocycles. The van der Waals surface area contributed by atoms with Gasteiger partial charge in [-0.1, -0.05) is 24.3 Å². The third-order valence-electron chi connectivity index (χ3n) is 5.96. The van der Waals surface area contributed by atoms with Gasteiger partial charge < -0.3 is 30.3 Å². The van der Waals surface area contributed by atoms with Crippen molar-refractivity contribution in [2.75, 3.05) is 60.1 Å². The van der Waals surface area contributed by atoms with Crippen LogP contribution in [0.5, 0.6) is 0 Å². The molecule has 11 heteroatoms. The fourth-order valence-electron chi connectivity index (χ4n) is 3.92. The van der Waals surface area contributed by atoms with E-state index in [-0.39, 0.29) is 24.8 Å². The van der Waals surface area contributed by atoms with Gasteiger partial charge in [0.2, 0.25) is 17.7 Å². The van der Waals surface area contributed by atoms with Gasteiger partial charge in [-0.25, -0.2) is 0 Å². The number of amides is 3. The monoisotopic (exact) mass is 503 g/mol. The number of hydrogen-bond donors (Lipinski definition) is 3. The van der Waals surface area contributed by atoms with Gasteiger partial charge in [0.05, 0.1) is 39.0 Å². The Bertz CT molecular complexity index is 912. The summed E-state index contributed by atoms with van der Waals surface area (Å²) < 4.78 is 10.4. The summed E-state index contributed by atoms with van der Waals surface area (Å²) in [6.07, 6.45) is -0.172. The van der Waals surface area contributed by atoms with Crippen LogP contribution in [0.15, 0.2) is 24.3 Å². The Morgan fingerprint density at radius 1 is 1.03 bits per heavy atom. The topological polar surface area (TPSA) is 133 Å². The highest BCUT2D eigenvalue weighted by atomic mass is 16.6. The lowest BCUT2D eigenvalue weighted by atomic mass is 9.99. The molecule has 3 rings (SSSR count). The average molecular weight is 504 g/mol. The summed E-state index contributed by atoms with van der Waals surface area (Å²) in [6, 6.07) is 6.34. The molecule has 36 heavy (non-hydrogen) atoms. The summed E-state index contributed by atoms with van der Waals surface area (Å²) in [5.41, 5.74) is 2.06. The summed E-state index contributed by atoms with van der Waals surface area (Å²) in [5.74, 6) is -1.42. The van der Waals surface area contributed by atoms with Crippen LogP contribution in [0, 0.1) is 0 Å². The van der Waals surface area contributed by atoms with Crippen molar-refractivity contribution in [2.24, 2.45) is 0 Å². The summed E-state index contributed by atoms with van der Waals surface area (Å²) in [5, 5.41) is 7.89. The Morgan fingerprint density at radius 2 is 1.67 bits per heavy atom. The quantitative estimate of drug-likeness (QED) is 0.283. The minimum absolute atomic E-state index is 0.184. The van der Waals surface area contributed by atoms with Crippen molar-refractivity contribution in [3.05, 3.63) is 35.4 Å². The molecule has 0 radical (unpaired) electrons.